The number of aliphatic hydroxyl groups excluding tert-OH is 1. The summed E-state index contributed by atoms with van der Waals surface area (Å²) in [6.07, 6.45) is -1.27. The molecule has 104 valence electrons. The number of carbonyl (C=O) groups is 2. The summed E-state index contributed by atoms with van der Waals surface area (Å²) in [6, 6.07) is 9.12. The number of benzene rings is 1. The van der Waals surface area contributed by atoms with Crippen molar-refractivity contribution in [1.82, 2.24) is 5.32 Å². The van der Waals surface area contributed by atoms with Crippen LogP contribution in [0.3, 0.4) is 0 Å². The number of rotatable bonds is 7. The number of nitrogens with two attached hydrogens (primary N) is 1. The number of amides is 1. The number of carbonyl (C=O) groups excluding carboxylic acids is 2. The van der Waals surface area contributed by atoms with E-state index < -0.39 is 17.9 Å². The van der Waals surface area contributed by atoms with E-state index in [1.807, 2.05) is 30.3 Å². The molecule has 4 N–H and O–H groups in total. The van der Waals surface area contributed by atoms with E-state index in [2.05, 4.69) is 5.32 Å². The van der Waals surface area contributed by atoms with Crippen LogP contribution < -0.4 is 11.1 Å². The summed E-state index contributed by atoms with van der Waals surface area (Å²) in [5.74, 6) is -1.68. The fraction of sp³-hybridized carbons (Fsp3) is 0.385. The topological polar surface area (TPSA) is 102 Å². The molecule has 1 amide bonds. The highest BCUT2D eigenvalue weighted by Crippen LogP contribution is 2.16. The second-order valence-corrected chi connectivity index (χ2v) is 4.06. The number of ether oxygens (including phenoxy) is 1. The standard InChI is InChI=1S/C13H18N2O4/c1-19-13(18)10(9-5-3-2-4-6-9)7-15-8-11(16)12(14)17/h2-6,10-11,15-16H,7-8H2,1H3,(H2,14,17). The minimum absolute atomic E-state index is 0.00430. The maximum absolute atomic E-state index is 11.7. The Balaban J connectivity index is 2.62. The van der Waals surface area contributed by atoms with Crippen LogP contribution in [-0.2, 0) is 14.3 Å². The molecule has 1 rings (SSSR count). The van der Waals surface area contributed by atoms with Crippen LogP contribution in [0.4, 0.5) is 0 Å². The first-order chi connectivity index (χ1) is 9.06. The Morgan fingerprint density at radius 1 is 1.32 bits per heavy atom. The molecule has 0 aliphatic heterocycles. The van der Waals surface area contributed by atoms with Crippen LogP contribution >= 0.6 is 0 Å². The lowest BCUT2D eigenvalue weighted by molar-refractivity contribution is -0.142. The Bertz CT molecular complexity index is 422. The molecule has 2 atom stereocenters. The molecular weight excluding hydrogens is 248 g/mol. The van der Waals surface area contributed by atoms with Crippen LogP contribution in [-0.4, -0.2) is 43.3 Å². The Labute approximate surface area is 111 Å². The number of hydrogen-bond donors (Lipinski definition) is 3. The number of aliphatic hydroxyl groups is 1. The van der Waals surface area contributed by atoms with Gasteiger partial charge < -0.3 is 20.9 Å². The van der Waals surface area contributed by atoms with E-state index in [4.69, 9.17) is 10.5 Å². The van der Waals surface area contributed by atoms with Crippen molar-refractivity contribution in [2.24, 2.45) is 5.73 Å². The molecular formula is C13H18N2O4. The maximum Gasteiger partial charge on any atom is 0.314 e. The van der Waals surface area contributed by atoms with Gasteiger partial charge in [-0.3, -0.25) is 9.59 Å². The molecule has 6 nitrogen and oxygen atoms in total. The Morgan fingerprint density at radius 3 is 2.47 bits per heavy atom. The molecule has 2 unspecified atom stereocenters. The van der Waals surface area contributed by atoms with Crippen molar-refractivity contribution in [2.45, 2.75) is 12.0 Å². The van der Waals surface area contributed by atoms with Gasteiger partial charge in [0.1, 0.15) is 6.10 Å². The van der Waals surface area contributed by atoms with E-state index >= 15 is 0 Å². The zero-order valence-corrected chi connectivity index (χ0v) is 10.7. The summed E-state index contributed by atoms with van der Waals surface area (Å²) < 4.78 is 4.74. The largest absolute Gasteiger partial charge is 0.469 e. The predicted octanol–water partition coefficient (Wildman–Crippen LogP) is -0.621. The molecule has 0 fully saturated rings. The van der Waals surface area contributed by atoms with Crippen LogP contribution in [0.2, 0.25) is 0 Å². The molecule has 19 heavy (non-hydrogen) atoms. The van der Waals surface area contributed by atoms with Crippen LogP contribution in [0.15, 0.2) is 30.3 Å². The van der Waals surface area contributed by atoms with Crippen LogP contribution in [0.5, 0.6) is 0 Å². The first-order valence-corrected chi connectivity index (χ1v) is 5.87. The predicted molar refractivity (Wildman–Crippen MR) is 69.3 cm³/mol. The van der Waals surface area contributed by atoms with Crippen molar-refractivity contribution < 1.29 is 19.4 Å². The summed E-state index contributed by atoms with van der Waals surface area (Å²) in [7, 11) is 1.32. The summed E-state index contributed by atoms with van der Waals surface area (Å²) in [5.41, 5.74) is 5.73. The zero-order valence-electron chi connectivity index (χ0n) is 10.7. The summed E-state index contributed by atoms with van der Waals surface area (Å²) >= 11 is 0. The van der Waals surface area contributed by atoms with Gasteiger partial charge in [0.25, 0.3) is 0 Å². The SMILES string of the molecule is COC(=O)C(CNCC(O)C(N)=O)c1ccccc1. The molecule has 0 bridgehead atoms. The van der Waals surface area contributed by atoms with Crippen molar-refractivity contribution in [2.75, 3.05) is 20.2 Å². The molecule has 0 aliphatic carbocycles. The molecule has 0 heterocycles. The molecule has 0 aromatic heterocycles. The Kier molecular flexibility index (Phi) is 5.98. The van der Waals surface area contributed by atoms with Gasteiger partial charge >= 0.3 is 5.97 Å². The number of hydrogen-bond acceptors (Lipinski definition) is 5. The molecule has 6 heteroatoms. The van der Waals surface area contributed by atoms with Crippen molar-refractivity contribution in [1.29, 1.82) is 0 Å². The lowest BCUT2D eigenvalue weighted by atomic mass is 9.99. The lowest BCUT2D eigenvalue weighted by Gasteiger charge is -2.16. The summed E-state index contributed by atoms with van der Waals surface area (Å²) in [4.78, 5) is 22.4. The maximum atomic E-state index is 11.7. The van der Waals surface area contributed by atoms with Crippen LogP contribution in [0.25, 0.3) is 0 Å². The minimum atomic E-state index is -1.27. The molecule has 1 aromatic carbocycles. The molecule has 0 saturated carbocycles. The third-order valence-corrected chi connectivity index (χ3v) is 2.70. The average molecular weight is 266 g/mol. The Morgan fingerprint density at radius 2 is 1.95 bits per heavy atom. The fourth-order valence-corrected chi connectivity index (χ4v) is 1.63. The van der Waals surface area contributed by atoms with Gasteiger partial charge in [-0.1, -0.05) is 30.3 Å². The van der Waals surface area contributed by atoms with Gasteiger partial charge in [-0.05, 0) is 5.56 Å². The highest BCUT2D eigenvalue weighted by molar-refractivity contribution is 5.79. The molecule has 1 aromatic rings. The fourth-order valence-electron chi connectivity index (χ4n) is 1.63. The van der Waals surface area contributed by atoms with Gasteiger partial charge in [-0.2, -0.15) is 0 Å². The van der Waals surface area contributed by atoms with Gasteiger partial charge in [0.15, 0.2) is 0 Å². The van der Waals surface area contributed by atoms with Crippen molar-refractivity contribution in [3.8, 4) is 0 Å². The molecule has 0 spiro atoms. The van der Waals surface area contributed by atoms with E-state index in [1.54, 1.807) is 0 Å². The van der Waals surface area contributed by atoms with E-state index in [-0.39, 0.29) is 19.1 Å². The van der Waals surface area contributed by atoms with Gasteiger partial charge in [0.2, 0.25) is 5.91 Å². The van der Waals surface area contributed by atoms with Gasteiger partial charge in [0, 0.05) is 13.1 Å². The van der Waals surface area contributed by atoms with E-state index in [0.717, 1.165) is 5.56 Å². The molecule has 0 saturated heterocycles. The second kappa shape index (κ2) is 7.50. The minimum Gasteiger partial charge on any atom is -0.469 e. The van der Waals surface area contributed by atoms with Crippen molar-refractivity contribution >= 4 is 11.9 Å². The number of esters is 1. The van der Waals surface area contributed by atoms with E-state index in [9.17, 15) is 14.7 Å². The van der Waals surface area contributed by atoms with Gasteiger partial charge in [-0.15, -0.1) is 0 Å². The van der Waals surface area contributed by atoms with E-state index in [1.165, 1.54) is 7.11 Å². The highest BCUT2D eigenvalue weighted by atomic mass is 16.5. The van der Waals surface area contributed by atoms with E-state index in [0.29, 0.717) is 0 Å². The van der Waals surface area contributed by atoms with Crippen molar-refractivity contribution in [3.63, 3.8) is 0 Å². The van der Waals surface area contributed by atoms with Crippen LogP contribution in [0.1, 0.15) is 11.5 Å². The third kappa shape index (κ3) is 4.69. The smallest absolute Gasteiger partial charge is 0.314 e. The first kappa shape index (κ1) is 15.1. The third-order valence-electron chi connectivity index (χ3n) is 2.70. The van der Waals surface area contributed by atoms with Crippen LogP contribution in [0, 0.1) is 0 Å². The summed E-state index contributed by atoms with van der Waals surface area (Å²) in [6.45, 7) is 0.247. The van der Waals surface area contributed by atoms with Crippen molar-refractivity contribution in [3.05, 3.63) is 35.9 Å². The number of nitrogens with one attached hydrogen (secondary N) is 1. The highest BCUT2D eigenvalue weighted by Gasteiger charge is 2.21. The second-order valence-electron chi connectivity index (χ2n) is 4.06. The normalized spacial score (nSPS) is 13.6. The summed E-state index contributed by atoms with van der Waals surface area (Å²) in [5, 5.41) is 12.1. The van der Waals surface area contributed by atoms with Gasteiger partial charge in [-0.25, -0.2) is 0 Å². The molecule has 0 aliphatic rings. The molecule has 0 radical (unpaired) electrons. The zero-order chi connectivity index (χ0) is 14.3. The first-order valence-electron chi connectivity index (χ1n) is 5.87. The number of methoxy groups -OCH3 is 1. The number of primary amides is 1. The quantitative estimate of drug-likeness (QED) is 0.571. The van der Waals surface area contributed by atoms with Gasteiger partial charge in [0.05, 0.1) is 13.0 Å². The monoisotopic (exact) mass is 266 g/mol. The average Bonchev–Trinajstić information content (AvgIpc) is 2.43. The Hall–Kier alpha value is -1.92. The lowest BCUT2D eigenvalue weighted by Crippen LogP contribution is -2.39.